The first-order chi connectivity index (χ1) is 15.9. The van der Waals surface area contributed by atoms with Gasteiger partial charge in [0.1, 0.15) is 23.7 Å². The zero-order valence-electron chi connectivity index (χ0n) is 18.5. The van der Waals surface area contributed by atoms with Crippen LogP contribution in [0.4, 0.5) is 0 Å². The average Bonchev–Trinajstić information content (AvgIpc) is 2.84. The summed E-state index contributed by atoms with van der Waals surface area (Å²) in [4.78, 5) is 38.0. The second kappa shape index (κ2) is 10.5. The van der Waals surface area contributed by atoms with Crippen molar-refractivity contribution in [3.63, 3.8) is 0 Å². The Morgan fingerprint density at radius 3 is 2.64 bits per heavy atom. The van der Waals surface area contributed by atoms with Gasteiger partial charge in [0.25, 0.3) is 5.91 Å². The van der Waals surface area contributed by atoms with Crippen LogP contribution in [0.1, 0.15) is 22.6 Å². The zero-order chi connectivity index (χ0) is 23.3. The van der Waals surface area contributed by atoms with E-state index in [0.29, 0.717) is 43.6 Å². The Kier molecular flexibility index (Phi) is 7.42. The molecule has 0 aliphatic carbocycles. The molecule has 3 heterocycles. The molecule has 1 atom stereocenters. The quantitative estimate of drug-likeness (QED) is 0.631. The molecule has 0 bridgehead atoms. The molecular formula is C23H27ClN4O5. The Balaban J connectivity index is 1.53. The zero-order valence-corrected chi connectivity index (χ0v) is 19.3. The standard InChI is InChI=1S/C23H27ClN4O5/c1-17-13-26-20(14-25-17)22(30)28-7-10-33-23(15-28,12-21(29)27-5-8-31-9-6-27)16-32-19-4-2-3-18(24)11-19/h2-4,11,13-14H,5-10,12,15-16H2,1H3. The van der Waals surface area contributed by atoms with Crippen molar-refractivity contribution >= 4 is 23.4 Å². The Labute approximate surface area is 197 Å². The number of halogens is 1. The van der Waals surface area contributed by atoms with Gasteiger partial charge in [-0.15, -0.1) is 0 Å². The summed E-state index contributed by atoms with van der Waals surface area (Å²) in [5.41, 5.74) is -0.0235. The van der Waals surface area contributed by atoms with Crippen LogP contribution in [0, 0.1) is 6.92 Å². The third kappa shape index (κ3) is 5.98. The van der Waals surface area contributed by atoms with Gasteiger partial charge in [-0.1, -0.05) is 17.7 Å². The van der Waals surface area contributed by atoms with Crippen LogP contribution in [0.5, 0.6) is 5.75 Å². The van der Waals surface area contributed by atoms with Crippen molar-refractivity contribution in [3.8, 4) is 5.75 Å². The molecule has 2 aromatic rings. The van der Waals surface area contributed by atoms with E-state index in [1.165, 1.54) is 6.20 Å². The Hall–Kier alpha value is -2.75. The second-order valence-electron chi connectivity index (χ2n) is 8.22. The van der Waals surface area contributed by atoms with Crippen molar-refractivity contribution in [1.82, 2.24) is 19.8 Å². The molecule has 1 unspecified atom stereocenters. The number of ether oxygens (including phenoxy) is 3. The highest BCUT2D eigenvalue weighted by atomic mass is 35.5. The van der Waals surface area contributed by atoms with Gasteiger partial charge in [-0.3, -0.25) is 14.6 Å². The first-order valence-corrected chi connectivity index (χ1v) is 11.3. The third-order valence-electron chi connectivity index (χ3n) is 5.67. The van der Waals surface area contributed by atoms with E-state index in [0.717, 1.165) is 5.69 Å². The molecule has 2 amide bonds. The smallest absolute Gasteiger partial charge is 0.274 e. The average molecular weight is 475 g/mol. The summed E-state index contributed by atoms with van der Waals surface area (Å²) < 4.78 is 17.5. The van der Waals surface area contributed by atoms with Gasteiger partial charge in [0.15, 0.2) is 0 Å². The number of carbonyl (C=O) groups excluding carboxylic acids is 2. The summed E-state index contributed by atoms with van der Waals surface area (Å²) in [6.45, 7) is 4.84. The van der Waals surface area contributed by atoms with Gasteiger partial charge in [-0.25, -0.2) is 4.98 Å². The molecule has 0 radical (unpaired) electrons. The predicted octanol–water partition coefficient (Wildman–Crippen LogP) is 1.98. The van der Waals surface area contributed by atoms with Crippen LogP contribution in [0.15, 0.2) is 36.7 Å². The summed E-state index contributed by atoms with van der Waals surface area (Å²) in [6, 6.07) is 7.03. The molecule has 176 valence electrons. The fraction of sp³-hybridized carbons (Fsp3) is 0.478. The molecule has 10 heteroatoms. The van der Waals surface area contributed by atoms with Crippen molar-refractivity contribution in [2.45, 2.75) is 18.9 Å². The van der Waals surface area contributed by atoms with Crippen molar-refractivity contribution < 1.29 is 23.8 Å². The first kappa shape index (κ1) is 23.4. The maximum atomic E-state index is 13.1. The number of aryl methyl sites for hydroxylation is 1. The van der Waals surface area contributed by atoms with E-state index < -0.39 is 5.60 Å². The lowest BCUT2D eigenvalue weighted by Gasteiger charge is -2.43. The number of carbonyl (C=O) groups is 2. The minimum absolute atomic E-state index is 0.0579. The number of amides is 2. The van der Waals surface area contributed by atoms with E-state index in [-0.39, 0.29) is 43.7 Å². The SMILES string of the molecule is Cc1cnc(C(=O)N2CCOC(COc3cccc(Cl)c3)(CC(=O)N3CCOCC3)C2)cn1. The van der Waals surface area contributed by atoms with E-state index in [4.69, 9.17) is 25.8 Å². The van der Waals surface area contributed by atoms with Crippen molar-refractivity contribution in [2.24, 2.45) is 0 Å². The molecule has 9 nitrogen and oxygen atoms in total. The molecule has 33 heavy (non-hydrogen) atoms. The highest BCUT2D eigenvalue weighted by Gasteiger charge is 2.42. The minimum atomic E-state index is -1.01. The Morgan fingerprint density at radius 2 is 1.91 bits per heavy atom. The molecular weight excluding hydrogens is 448 g/mol. The molecule has 2 saturated heterocycles. The highest BCUT2D eigenvalue weighted by Crippen LogP contribution is 2.27. The summed E-state index contributed by atoms with van der Waals surface area (Å²) in [5.74, 6) is 0.256. The highest BCUT2D eigenvalue weighted by molar-refractivity contribution is 6.30. The molecule has 1 aromatic carbocycles. The van der Waals surface area contributed by atoms with Crippen LogP contribution in [0.2, 0.25) is 5.02 Å². The lowest BCUT2D eigenvalue weighted by atomic mass is 9.96. The number of morpholine rings is 2. The summed E-state index contributed by atoms with van der Waals surface area (Å²) in [6.07, 6.45) is 3.11. The van der Waals surface area contributed by atoms with Gasteiger partial charge < -0.3 is 24.0 Å². The molecule has 1 aromatic heterocycles. The van der Waals surface area contributed by atoms with E-state index >= 15 is 0 Å². The first-order valence-electron chi connectivity index (χ1n) is 10.9. The predicted molar refractivity (Wildman–Crippen MR) is 120 cm³/mol. The number of aromatic nitrogens is 2. The van der Waals surface area contributed by atoms with E-state index in [2.05, 4.69) is 9.97 Å². The number of hydrogen-bond acceptors (Lipinski definition) is 7. The second-order valence-corrected chi connectivity index (χ2v) is 8.65. The Bertz CT molecular complexity index is 983. The number of benzene rings is 1. The molecule has 2 fully saturated rings. The van der Waals surface area contributed by atoms with Crippen LogP contribution < -0.4 is 4.74 Å². The van der Waals surface area contributed by atoms with Gasteiger partial charge >= 0.3 is 0 Å². The van der Waals surface area contributed by atoms with Crippen molar-refractivity contribution in [3.05, 3.63) is 53.1 Å². The van der Waals surface area contributed by atoms with E-state index in [1.807, 2.05) is 6.92 Å². The van der Waals surface area contributed by atoms with E-state index in [1.54, 1.807) is 40.3 Å². The molecule has 0 N–H and O–H groups in total. The molecule has 0 saturated carbocycles. The third-order valence-corrected chi connectivity index (χ3v) is 5.91. The van der Waals surface area contributed by atoms with Crippen LogP contribution >= 0.6 is 11.6 Å². The maximum Gasteiger partial charge on any atom is 0.274 e. The topological polar surface area (TPSA) is 94.1 Å². The van der Waals surface area contributed by atoms with Crippen molar-refractivity contribution in [2.75, 3.05) is 52.6 Å². The largest absolute Gasteiger partial charge is 0.490 e. The van der Waals surface area contributed by atoms with Crippen LogP contribution in [-0.2, 0) is 14.3 Å². The van der Waals surface area contributed by atoms with Crippen LogP contribution in [-0.4, -0.2) is 89.8 Å². The van der Waals surface area contributed by atoms with Crippen LogP contribution in [0.3, 0.4) is 0 Å². The normalized spacial score (nSPS) is 21.0. The fourth-order valence-corrected chi connectivity index (χ4v) is 4.08. The number of rotatable bonds is 6. The van der Waals surface area contributed by atoms with Gasteiger partial charge in [0.05, 0.1) is 44.7 Å². The fourth-order valence-electron chi connectivity index (χ4n) is 3.90. The Morgan fingerprint density at radius 1 is 1.12 bits per heavy atom. The van der Waals surface area contributed by atoms with E-state index in [9.17, 15) is 9.59 Å². The van der Waals surface area contributed by atoms with Crippen LogP contribution in [0.25, 0.3) is 0 Å². The molecule has 2 aliphatic rings. The number of hydrogen-bond donors (Lipinski definition) is 0. The molecule has 2 aliphatic heterocycles. The van der Waals surface area contributed by atoms with Crippen molar-refractivity contribution in [1.29, 1.82) is 0 Å². The summed E-state index contributed by atoms with van der Waals surface area (Å²) in [7, 11) is 0. The number of nitrogens with zero attached hydrogens (tertiary/aromatic N) is 4. The monoisotopic (exact) mass is 474 g/mol. The molecule has 4 rings (SSSR count). The van der Waals surface area contributed by atoms with Gasteiger partial charge in [-0.05, 0) is 25.1 Å². The lowest BCUT2D eigenvalue weighted by Crippen LogP contribution is -2.58. The summed E-state index contributed by atoms with van der Waals surface area (Å²) in [5, 5.41) is 0.547. The van der Waals surface area contributed by atoms with Gasteiger partial charge in [0, 0.05) is 30.9 Å². The van der Waals surface area contributed by atoms with Gasteiger partial charge in [0.2, 0.25) is 5.91 Å². The summed E-state index contributed by atoms with van der Waals surface area (Å²) >= 11 is 6.08. The lowest BCUT2D eigenvalue weighted by molar-refractivity contribution is -0.155. The maximum absolute atomic E-state index is 13.1. The minimum Gasteiger partial charge on any atom is -0.490 e. The molecule has 0 spiro atoms. The van der Waals surface area contributed by atoms with Gasteiger partial charge in [-0.2, -0.15) is 0 Å².